The number of rotatable bonds is 3. The first-order chi connectivity index (χ1) is 7.75. The summed E-state index contributed by atoms with van der Waals surface area (Å²) in [7, 11) is 0. The van der Waals surface area contributed by atoms with Crippen molar-refractivity contribution in [3.05, 3.63) is 34.6 Å². The fraction of sp³-hybridized carbons (Fsp3) is 0.500. The molecular formula is C12H15ClFNS. The number of halogens is 2. The molecule has 0 bridgehead atoms. The highest BCUT2D eigenvalue weighted by atomic mass is 35.5. The monoisotopic (exact) mass is 259 g/mol. The maximum atomic E-state index is 13.4. The molecule has 1 heterocycles. The van der Waals surface area contributed by atoms with Gasteiger partial charge in [0.1, 0.15) is 5.82 Å². The molecule has 1 aromatic rings. The van der Waals surface area contributed by atoms with Crippen LogP contribution in [0.4, 0.5) is 4.39 Å². The molecule has 0 spiro atoms. The molecule has 1 aromatic carbocycles. The minimum absolute atomic E-state index is 0.179. The van der Waals surface area contributed by atoms with E-state index in [1.54, 1.807) is 12.1 Å². The number of benzene rings is 1. The largest absolute Gasteiger partial charge is 0.310 e. The predicted octanol–water partition coefficient (Wildman–Crippen LogP) is 3.46. The molecule has 4 heteroatoms. The predicted molar refractivity (Wildman–Crippen MR) is 68.6 cm³/mol. The fourth-order valence-electron chi connectivity index (χ4n) is 1.83. The first-order valence-corrected chi connectivity index (χ1v) is 7.04. The van der Waals surface area contributed by atoms with Crippen molar-refractivity contribution in [2.45, 2.75) is 25.4 Å². The van der Waals surface area contributed by atoms with Gasteiger partial charge in [0.25, 0.3) is 0 Å². The van der Waals surface area contributed by atoms with Crippen LogP contribution in [0.15, 0.2) is 18.2 Å². The van der Waals surface area contributed by atoms with Crippen molar-refractivity contribution in [3.63, 3.8) is 0 Å². The summed E-state index contributed by atoms with van der Waals surface area (Å²) >= 11 is 7.83. The quantitative estimate of drug-likeness (QED) is 0.892. The molecule has 1 saturated heterocycles. The number of thioether (sulfide) groups is 1. The third-order valence-corrected chi connectivity index (χ3v) is 4.09. The Balaban J connectivity index is 1.90. The number of hydrogen-bond donors (Lipinski definition) is 1. The maximum Gasteiger partial charge on any atom is 0.127 e. The Bertz CT molecular complexity index is 353. The average molecular weight is 260 g/mol. The van der Waals surface area contributed by atoms with Gasteiger partial charge in [0.15, 0.2) is 0 Å². The summed E-state index contributed by atoms with van der Waals surface area (Å²) in [6.07, 6.45) is 2.35. The van der Waals surface area contributed by atoms with E-state index in [4.69, 9.17) is 11.6 Å². The van der Waals surface area contributed by atoms with E-state index in [-0.39, 0.29) is 5.82 Å². The van der Waals surface area contributed by atoms with Crippen LogP contribution in [0.5, 0.6) is 0 Å². The van der Waals surface area contributed by atoms with Crippen LogP contribution in [0.25, 0.3) is 0 Å². The van der Waals surface area contributed by atoms with E-state index in [1.165, 1.54) is 30.4 Å². The summed E-state index contributed by atoms with van der Waals surface area (Å²) in [5.74, 6) is 2.23. The lowest BCUT2D eigenvalue weighted by Crippen LogP contribution is -2.32. The Morgan fingerprint density at radius 3 is 2.88 bits per heavy atom. The lowest BCUT2D eigenvalue weighted by molar-refractivity contribution is 0.473. The van der Waals surface area contributed by atoms with Crippen LogP contribution in [0.2, 0.25) is 5.02 Å². The standard InChI is InChI=1S/C12H15ClFNS/c13-10-1-2-12(14)9(7-10)8-15-11-3-5-16-6-4-11/h1-2,7,11,15H,3-6,8H2. The molecule has 1 aliphatic heterocycles. The molecule has 0 radical (unpaired) electrons. The summed E-state index contributed by atoms with van der Waals surface area (Å²) < 4.78 is 13.4. The van der Waals surface area contributed by atoms with E-state index in [0.29, 0.717) is 23.2 Å². The highest BCUT2D eigenvalue weighted by Crippen LogP contribution is 2.19. The van der Waals surface area contributed by atoms with Crippen LogP contribution in [0, 0.1) is 5.82 Å². The summed E-state index contributed by atoms with van der Waals surface area (Å²) in [5.41, 5.74) is 0.658. The van der Waals surface area contributed by atoms with Gasteiger partial charge in [-0.2, -0.15) is 11.8 Å². The van der Waals surface area contributed by atoms with E-state index in [1.807, 2.05) is 11.8 Å². The Morgan fingerprint density at radius 1 is 1.38 bits per heavy atom. The zero-order chi connectivity index (χ0) is 11.4. The Hall–Kier alpha value is -0.250. The molecule has 0 unspecified atom stereocenters. The topological polar surface area (TPSA) is 12.0 Å². The van der Waals surface area contributed by atoms with Crippen LogP contribution in [0.1, 0.15) is 18.4 Å². The second kappa shape index (κ2) is 5.89. The van der Waals surface area contributed by atoms with Gasteiger partial charge in [-0.3, -0.25) is 0 Å². The number of nitrogens with one attached hydrogen (secondary N) is 1. The third-order valence-electron chi connectivity index (χ3n) is 2.81. The van der Waals surface area contributed by atoms with Gasteiger partial charge < -0.3 is 5.32 Å². The Kier molecular flexibility index (Phi) is 4.50. The molecule has 1 nitrogen and oxygen atoms in total. The van der Waals surface area contributed by atoms with Crippen LogP contribution in [-0.4, -0.2) is 17.5 Å². The average Bonchev–Trinajstić information content (AvgIpc) is 2.32. The van der Waals surface area contributed by atoms with Gasteiger partial charge in [0.2, 0.25) is 0 Å². The maximum absolute atomic E-state index is 13.4. The van der Waals surface area contributed by atoms with Crippen molar-refractivity contribution in [2.75, 3.05) is 11.5 Å². The van der Waals surface area contributed by atoms with Crippen LogP contribution >= 0.6 is 23.4 Å². The Morgan fingerprint density at radius 2 is 2.12 bits per heavy atom. The van der Waals surface area contributed by atoms with E-state index < -0.39 is 0 Å². The molecule has 1 aliphatic rings. The minimum Gasteiger partial charge on any atom is -0.310 e. The van der Waals surface area contributed by atoms with Gasteiger partial charge in [-0.05, 0) is 42.5 Å². The zero-order valence-corrected chi connectivity index (χ0v) is 10.6. The molecule has 0 aromatic heterocycles. The van der Waals surface area contributed by atoms with E-state index >= 15 is 0 Å². The van der Waals surface area contributed by atoms with Gasteiger partial charge in [0.05, 0.1) is 0 Å². The van der Waals surface area contributed by atoms with Gasteiger partial charge in [0, 0.05) is 23.2 Å². The van der Waals surface area contributed by atoms with Crippen molar-refractivity contribution in [2.24, 2.45) is 0 Å². The lowest BCUT2D eigenvalue weighted by atomic mass is 10.1. The number of hydrogen-bond acceptors (Lipinski definition) is 2. The summed E-state index contributed by atoms with van der Waals surface area (Å²) in [6, 6.07) is 5.23. The normalized spacial score (nSPS) is 17.6. The van der Waals surface area contributed by atoms with Crippen molar-refractivity contribution >= 4 is 23.4 Å². The zero-order valence-electron chi connectivity index (χ0n) is 9.01. The molecule has 1 N–H and O–H groups in total. The summed E-state index contributed by atoms with van der Waals surface area (Å²) in [4.78, 5) is 0. The molecule has 88 valence electrons. The SMILES string of the molecule is Fc1ccc(Cl)cc1CNC1CCSCC1. The first-order valence-electron chi connectivity index (χ1n) is 5.51. The highest BCUT2D eigenvalue weighted by Gasteiger charge is 2.13. The van der Waals surface area contributed by atoms with E-state index in [2.05, 4.69) is 5.32 Å². The van der Waals surface area contributed by atoms with Crippen molar-refractivity contribution in [1.29, 1.82) is 0 Å². The minimum atomic E-state index is -0.179. The second-order valence-corrected chi connectivity index (χ2v) is 5.66. The Labute approximate surface area is 105 Å². The fourth-order valence-corrected chi connectivity index (χ4v) is 3.14. The molecule has 0 aliphatic carbocycles. The molecule has 0 atom stereocenters. The van der Waals surface area contributed by atoms with E-state index in [9.17, 15) is 4.39 Å². The lowest BCUT2D eigenvalue weighted by Gasteiger charge is -2.22. The molecule has 1 fully saturated rings. The molecule has 16 heavy (non-hydrogen) atoms. The molecule has 2 rings (SSSR count). The van der Waals surface area contributed by atoms with Crippen molar-refractivity contribution in [1.82, 2.24) is 5.32 Å². The van der Waals surface area contributed by atoms with Crippen molar-refractivity contribution < 1.29 is 4.39 Å². The molecule has 0 saturated carbocycles. The van der Waals surface area contributed by atoms with E-state index in [0.717, 1.165) is 0 Å². The molecular weight excluding hydrogens is 245 g/mol. The van der Waals surface area contributed by atoms with Crippen LogP contribution in [-0.2, 0) is 6.54 Å². The summed E-state index contributed by atoms with van der Waals surface area (Å²) in [5, 5.41) is 3.99. The van der Waals surface area contributed by atoms with Gasteiger partial charge >= 0.3 is 0 Å². The van der Waals surface area contributed by atoms with Crippen molar-refractivity contribution in [3.8, 4) is 0 Å². The second-order valence-electron chi connectivity index (χ2n) is 4.00. The van der Waals surface area contributed by atoms with Gasteiger partial charge in [-0.25, -0.2) is 4.39 Å². The smallest absolute Gasteiger partial charge is 0.127 e. The summed E-state index contributed by atoms with van der Waals surface area (Å²) in [6.45, 7) is 0.571. The first kappa shape index (κ1) is 12.2. The highest BCUT2D eigenvalue weighted by molar-refractivity contribution is 7.99. The van der Waals surface area contributed by atoms with Gasteiger partial charge in [-0.1, -0.05) is 11.6 Å². The van der Waals surface area contributed by atoms with Crippen LogP contribution in [0.3, 0.4) is 0 Å². The third kappa shape index (κ3) is 3.37. The van der Waals surface area contributed by atoms with Gasteiger partial charge in [-0.15, -0.1) is 0 Å². The molecule has 0 amide bonds. The van der Waals surface area contributed by atoms with Crippen LogP contribution < -0.4 is 5.32 Å².